The van der Waals surface area contributed by atoms with Crippen LogP contribution in [-0.4, -0.2) is 9.13 Å². The lowest BCUT2D eigenvalue weighted by Gasteiger charge is -2.34. The largest absolute Gasteiger partial charge is 0.309 e. The number of hydrogen-bond donors (Lipinski definition) is 0. The van der Waals surface area contributed by atoms with Crippen molar-refractivity contribution < 1.29 is 9.60 Å². The number of aromatic nitrogens is 2. The maximum Gasteiger partial charge on any atom is 0.0713 e. The summed E-state index contributed by atoms with van der Waals surface area (Å²) in [5.41, 5.74) is 15.3. The second-order valence-corrected chi connectivity index (χ2v) is 17.9. The van der Waals surface area contributed by atoms with Crippen LogP contribution in [0, 0.1) is 0 Å². The van der Waals surface area contributed by atoms with E-state index in [2.05, 4.69) is 138 Å². The third kappa shape index (κ3) is 5.99. The summed E-state index contributed by atoms with van der Waals surface area (Å²) in [5, 5.41) is 2.20. The van der Waals surface area contributed by atoms with E-state index >= 15 is 0 Å². The van der Waals surface area contributed by atoms with Crippen molar-refractivity contribution in [2.24, 2.45) is 0 Å². The lowest BCUT2D eigenvalue weighted by Crippen LogP contribution is -2.28. The zero-order valence-electron chi connectivity index (χ0n) is 44.3. The highest BCUT2D eigenvalue weighted by Gasteiger charge is 2.45. The van der Waals surface area contributed by atoms with Crippen LogP contribution in [0.25, 0.3) is 99.5 Å². The molecule has 0 amide bonds. The van der Waals surface area contributed by atoms with Crippen molar-refractivity contribution in [1.82, 2.24) is 9.13 Å². The van der Waals surface area contributed by atoms with Crippen LogP contribution < -0.4 is 0 Å². The Hall–Kier alpha value is -8.98. The second kappa shape index (κ2) is 15.6. The van der Waals surface area contributed by atoms with E-state index in [1.54, 1.807) is 4.57 Å². The topological polar surface area (TPSA) is 9.86 Å². The molecule has 1 aliphatic carbocycles. The predicted octanol–water partition coefficient (Wildman–Crippen LogP) is 17.2. The SMILES string of the molecule is [2H]c1c([2H])c([2H])c2c(c1[2H])c1c([2H])c(-c3ccc4c(c3)c3ccc(-c5ccccc5)cc3n4-c3ccc(C4(c5ccccc5)c5ccccc5-c5ccccc54)cc3)c([2H])c([2H])c1n2-c1ccc(-c2ccccc2)cc1. The number of rotatable bonds is 7. The van der Waals surface area contributed by atoms with Crippen LogP contribution in [0.1, 0.15) is 31.8 Å². The molecule has 2 heterocycles. The normalized spacial score (nSPS) is 14.2. The number of benzene rings is 11. The highest BCUT2D eigenvalue weighted by Crippen LogP contribution is 2.56. The molecule has 0 N–H and O–H groups in total. The van der Waals surface area contributed by atoms with Crippen molar-refractivity contribution in [3.05, 3.63) is 289 Å². The first kappa shape index (κ1) is 32.7. The zero-order chi connectivity index (χ0) is 51.6. The van der Waals surface area contributed by atoms with Gasteiger partial charge in [-0.15, -0.1) is 0 Å². The summed E-state index contributed by atoms with van der Waals surface area (Å²) >= 11 is 0. The minimum Gasteiger partial charge on any atom is -0.309 e. The lowest BCUT2D eigenvalue weighted by atomic mass is 9.68. The summed E-state index contributed by atoms with van der Waals surface area (Å²) in [4.78, 5) is 0. The van der Waals surface area contributed by atoms with Crippen molar-refractivity contribution in [3.63, 3.8) is 0 Å². The van der Waals surface area contributed by atoms with Gasteiger partial charge in [0, 0.05) is 32.9 Å². The van der Waals surface area contributed by atoms with Gasteiger partial charge in [0.2, 0.25) is 0 Å². The summed E-state index contributed by atoms with van der Waals surface area (Å²) in [6.45, 7) is 0. The Labute approximate surface area is 411 Å². The van der Waals surface area contributed by atoms with E-state index < -0.39 is 17.5 Å². The van der Waals surface area contributed by atoms with Crippen LogP contribution in [0.5, 0.6) is 0 Å². The summed E-state index contributed by atoms with van der Waals surface area (Å²) in [6, 6.07) is 75.6. The number of nitrogens with zero attached hydrogens (tertiary/aromatic N) is 2. The highest BCUT2D eigenvalue weighted by molar-refractivity contribution is 6.13. The fourth-order valence-corrected chi connectivity index (χ4v) is 11.2. The smallest absolute Gasteiger partial charge is 0.0713 e. The zero-order valence-corrected chi connectivity index (χ0v) is 37.3. The van der Waals surface area contributed by atoms with Gasteiger partial charge in [-0.3, -0.25) is 0 Å². The molecule has 0 aliphatic heterocycles. The van der Waals surface area contributed by atoms with Gasteiger partial charge in [-0.2, -0.15) is 0 Å². The van der Waals surface area contributed by atoms with E-state index in [9.17, 15) is 6.85 Å². The first-order valence-electron chi connectivity index (χ1n) is 26.8. The molecule has 2 aromatic heterocycles. The van der Waals surface area contributed by atoms with Gasteiger partial charge in [-0.1, -0.05) is 206 Å². The quantitative estimate of drug-likeness (QED) is 0.151. The predicted molar refractivity (Wildman–Crippen MR) is 289 cm³/mol. The van der Waals surface area contributed by atoms with E-state index in [1.165, 1.54) is 27.8 Å². The van der Waals surface area contributed by atoms with E-state index in [1.807, 2.05) is 91.0 Å². The Morgan fingerprint density at radius 1 is 0.304 bits per heavy atom. The second-order valence-electron chi connectivity index (χ2n) is 17.9. The van der Waals surface area contributed by atoms with Crippen molar-refractivity contribution in [1.29, 1.82) is 0 Å². The molecule has 69 heavy (non-hydrogen) atoms. The molecule has 0 saturated heterocycles. The molecule has 0 unspecified atom stereocenters. The fraction of sp³-hybridized carbons (Fsp3) is 0.0149. The molecular formula is C67H44N2. The third-order valence-corrected chi connectivity index (χ3v) is 14.3. The first-order chi connectivity index (χ1) is 37.1. The van der Waals surface area contributed by atoms with Crippen LogP contribution in [0.3, 0.4) is 0 Å². The molecule has 2 nitrogen and oxygen atoms in total. The van der Waals surface area contributed by atoms with Gasteiger partial charge >= 0.3 is 0 Å². The first-order valence-corrected chi connectivity index (χ1v) is 23.3. The van der Waals surface area contributed by atoms with Crippen LogP contribution in [0.4, 0.5) is 0 Å². The van der Waals surface area contributed by atoms with Gasteiger partial charge in [-0.25, -0.2) is 0 Å². The maximum absolute atomic E-state index is 10.0. The Bertz CT molecular complexity index is 4460. The molecule has 322 valence electrons. The molecule has 0 fully saturated rings. The third-order valence-electron chi connectivity index (χ3n) is 14.3. The molecule has 0 atom stereocenters. The molecule has 14 rings (SSSR count). The average molecular weight is 884 g/mol. The van der Waals surface area contributed by atoms with Crippen molar-refractivity contribution in [2.75, 3.05) is 0 Å². The van der Waals surface area contributed by atoms with Gasteiger partial charge in [0.15, 0.2) is 0 Å². The molecule has 1 aliphatic rings. The van der Waals surface area contributed by atoms with E-state index in [-0.39, 0.29) is 57.6 Å². The molecule has 0 bridgehead atoms. The Morgan fingerprint density at radius 2 is 0.812 bits per heavy atom. The average Bonchev–Trinajstić information content (AvgIpc) is 4.30. The summed E-state index contributed by atoms with van der Waals surface area (Å²) in [7, 11) is 0. The van der Waals surface area contributed by atoms with E-state index in [0.29, 0.717) is 11.3 Å². The minimum atomic E-state index is -0.559. The lowest BCUT2D eigenvalue weighted by molar-refractivity contribution is 0.768. The number of hydrogen-bond acceptors (Lipinski definition) is 0. The monoisotopic (exact) mass is 883 g/mol. The standard InChI is InChI=1S/C67H44N2/c1-4-16-45(17-5-1)47-28-35-53(36-29-47)68-63-27-15-12-24-57(63)59-42-48(31-40-64(59)68)49-32-41-65-60(43-49)58-39-30-50(46-18-6-2-7-19-46)44-66(58)69(65)54-37-33-52(34-38-54)67(51-20-8-3-9-21-51)61-25-13-10-22-55(61)56-23-11-14-26-62(56)67/h1-44H/i12D,15D,24D,27D,31D,40D,42D. The summed E-state index contributed by atoms with van der Waals surface area (Å²) in [6.07, 6.45) is 0. The fourth-order valence-electron chi connectivity index (χ4n) is 11.2. The van der Waals surface area contributed by atoms with Crippen LogP contribution in [-0.2, 0) is 5.41 Å². The van der Waals surface area contributed by atoms with Gasteiger partial charge in [0.1, 0.15) is 0 Å². The number of para-hydroxylation sites is 1. The van der Waals surface area contributed by atoms with Crippen LogP contribution in [0.15, 0.2) is 267 Å². The summed E-state index contributed by atoms with van der Waals surface area (Å²) in [5.74, 6) is 0. The molecular weight excluding hydrogens is 833 g/mol. The maximum atomic E-state index is 10.0. The Kier molecular flexibility index (Phi) is 7.36. The van der Waals surface area contributed by atoms with Gasteiger partial charge in [-0.05, 0) is 127 Å². The molecule has 2 heteroatoms. The molecule has 0 radical (unpaired) electrons. The Morgan fingerprint density at radius 3 is 1.51 bits per heavy atom. The van der Waals surface area contributed by atoms with Crippen molar-refractivity contribution in [3.8, 4) is 55.9 Å². The van der Waals surface area contributed by atoms with E-state index in [4.69, 9.17) is 2.74 Å². The van der Waals surface area contributed by atoms with Crippen molar-refractivity contribution >= 4 is 43.6 Å². The molecule has 11 aromatic carbocycles. The van der Waals surface area contributed by atoms with Crippen LogP contribution in [0.2, 0.25) is 0 Å². The molecule has 0 spiro atoms. The van der Waals surface area contributed by atoms with Gasteiger partial charge in [0.25, 0.3) is 0 Å². The van der Waals surface area contributed by atoms with Gasteiger partial charge < -0.3 is 9.13 Å². The minimum absolute atomic E-state index is 0.0851. The molecule has 0 saturated carbocycles. The Balaban J connectivity index is 0.978. The molecule has 13 aromatic rings. The number of fused-ring (bicyclic) bond motifs is 9. The van der Waals surface area contributed by atoms with Gasteiger partial charge in [0.05, 0.1) is 37.1 Å². The van der Waals surface area contributed by atoms with Crippen molar-refractivity contribution in [2.45, 2.75) is 5.41 Å². The van der Waals surface area contributed by atoms with E-state index in [0.717, 1.165) is 55.3 Å². The summed E-state index contributed by atoms with van der Waals surface area (Å²) < 4.78 is 69.5. The highest BCUT2D eigenvalue weighted by atomic mass is 15.0. The van der Waals surface area contributed by atoms with Crippen LogP contribution >= 0.6 is 0 Å².